The lowest BCUT2D eigenvalue weighted by Gasteiger charge is -2.06. The van der Waals surface area contributed by atoms with Gasteiger partial charge in [0, 0.05) is 12.1 Å². The number of aryl methyl sites for hydroxylation is 1. The summed E-state index contributed by atoms with van der Waals surface area (Å²) in [5.74, 6) is 0.643. The fourth-order valence-corrected chi connectivity index (χ4v) is 1.96. The van der Waals surface area contributed by atoms with Crippen LogP contribution in [-0.2, 0) is 17.7 Å². The van der Waals surface area contributed by atoms with Crippen LogP contribution in [0.5, 0.6) is 0 Å². The van der Waals surface area contributed by atoms with E-state index in [1.165, 1.54) is 0 Å². The van der Waals surface area contributed by atoms with Gasteiger partial charge in [0.05, 0.1) is 6.61 Å². The minimum absolute atomic E-state index is 0.349. The lowest BCUT2D eigenvalue weighted by Crippen LogP contribution is -2.10. The molecule has 0 atom stereocenters. The maximum Gasteiger partial charge on any atom is 0.359 e. The molecular formula is C14H25N3O2. The highest BCUT2D eigenvalue weighted by atomic mass is 16.5. The van der Waals surface area contributed by atoms with E-state index in [0.29, 0.717) is 24.0 Å². The molecule has 1 aromatic rings. The van der Waals surface area contributed by atoms with Gasteiger partial charge < -0.3 is 10.5 Å². The molecule has 5 heteroatoms. The summed E-state index contributed by atoms with van der Waals surface area (Å²) in [7, 11) is 0. The van der Waals surface area contributed by atoms with E-state index in [1.807, 2.05) is 0 Å². The van der Waals surface area contributed by atoms with Gasteiger partial charge in [0.15, 0.2) is 5.69 Å². The molecule has 1 aromatic heterocycles. The Hall–Kier alpha value is -1.52. The third kappa shape index (κ3) is 3.98. The van der Waals surface area contributed by atoms with E-state index < -0.39 is 0 Å². The molecular weight excluding hydrogens is 242 g/mol. The summed E-state index contributed by atoms with van der Waals surface area (Å²) in [6.45, 7) is 9.18. The Kier molecular flexibility index (Phi) is 5.86. The number of anilines is 1. The fraction of sp³-hybridized carbons (Fsp3) is 0.714. The standard InChI is InChI=1S/C14H25N3O2/c1-5-7-8-17-13(15)11(9-10(3)4)12(16-17)14(18)19-6-2/h10H,5-9,15H2,1-4H3. The van der Waals surface area contributed by atoms with Crippen LogP contribution in [0.15, 0.2) is 0 Å². The molecule has 0 aliphatic heterocycles. The first-order valence-corrected chi connectivity index (χ1v) is 7.03. The van der Waals surface area contributed by atoms with Crippen LogP contribution in [0.2, 0.25) is 0 Å². The molecule has 0 amide bonds. The SMILES string of the molecule is CCCCn1nc(C(=O)OCC)c(CC(C)C)c1N. The minimum atomic E-state index is -0.375. The van der Waals surface area contributed by atoms with Crippen molar-refractivity contribution in [3.63, 3.8) is 0 Å². The van der Waals surface area contributed by atoms with Gasteiger partial charge in [-0.25, -0.2) is 9.48 Å². The molecule has 0 aliphatic carbocycles. The molecule has 0 spiro atoms. The average Bonchev–Trinajstić information content (AvgIpc) is 2.64. The van der Waals surface area contributed by atoms with Gasteiger partial charge in [-0.2, -0.15) is 5.10 Å². The van der Waals surface area contributed by atoms with E-state index in [0.717, 1.165) is 31.4 Å². The number of aromatic nitrogens is 2. The number of unbranched alkanes of at least 4 members (excludes halogenated alkanes) is 1. The summed E-state index contributed by atoms with van der Waals surface area (Å²) in [5.41, 5.74) is 7.32. The molecule has 0 radical (unpaired) electrons. The summed E-state index contributed by atoms with van der Waals surface area (Å²) in [6.07, 6.45) is 2.80. The Labute approximate surface area is 115 Å². The highest BCUT2D eigenvalue weighted by Crippen LogP contribution is 2.22. The number of nitrogen functional groups attached to an aromatic ring is 1. The Morgan fingerprint density at radius 3 is 2.63 bits per heavy atom. The molecule has 0 aromatic carbocycles. The van der Waals surface area contributed by atoms with Crippen LogP contribution in [0.3, 0.4) is 0 Å². The number of hydrogen-bond acceptors (Lipinski definition) is 4. The van der Waals surface area contributed by atoms with E-state index in [2.05, 4.69) is 25.9 Å². The van der Waals surface area contributed by atoms with Crippen LogP contribution in [0.25, 0.3) is 0 Å². The Balaban J connectivity index is 3.07. The van der Waals surface area contributed by atoms with E-state index in [4.69, 9.17) is 10.5 Å². The van der Waals surface area contributed by atoms with Gasteiger partial charge in [0.25, 0.3) is 0 Å². The van der Waals surface area contributed by atoms with Crippen molar-refractivity contribution in [2.75, 3.05) is 12.3 Å². The number of esters is 1. The van der Waals surface area contributed by atoms with Crippen LogP contribution in [0.4, 0.5) is 5.82 Å². The largest absolute Gasteiger partial charge is 0.461 e. The molecule has 2 N–H and O–H groups in total. The second-order valence-electron chi connectivity index (χ2n) is 5.11. The van der Waals surface area contributed by atoms with Gasteiger partial charge in [0.1, 0.15) is 5.82 Å². The van der Waals surface area contributed by atoms with Crippen LogP contribution in [0, 0.1) is 5.92 Å². The smallest absolute Gasteiger partial charge is 0.359 e. The Morgan fingerprint density at radius 2 is 2.11 bits per heavy atom. The van der Waals surface area contributed by atoms with Gasteiger partial charge in [-0.3, -0.25) is 0 Å². The lowest BCUT2D eigenvalue weighted by molar-refractivity contribution is 0.0517. The summed E-state index contributed by atoms with van der Waals surface area (Å²) < 4.78 is 6.78. The molecule has 0 saturated carbocycles. The maximum atomic E-state index is 11.9. The first-order chi connectivity index (χ1) is 9.01. The predicted molar refractivity (Wildman–Crippen MR) is 76.0 cm³/mol. The molecule has 0 bridgehead atoms. The molecule has 1 heterocycles. The minimum Gasteiger partial charge on any atom is -0.461 e. The van der Waals surface area contributed by atoms with Crippen LogP contribution < -0.4 is 5.73 Å². The number of nitrogens with zero attached hydrogens (tertiary/aromatic N) is 2. The van der Waals surface area contributed by atoms with Crippen LogP contribution >= 0.6 is 0 Å². The monoisotopic (exact) mass is 267 g/mol. The average molecular weight is 267 g/mol. The first kappa shape index (κ1) is 15.5. The van der Waals surface area contributed by atoms with Gasteiger partial charge in [-0.05, 0) is 25.7 Å². The molecule has 19 heavy (non-hydrogen) atoms. The Morgan fingerprint density at radius 1 is 1.42 bits per heavy atom. The zero-order valence-electron chi connectivity index (χ0n) is 12.4. The first-order valence-electron chi connectivity index (χ1n) is 7.03. The third-order valence-corrected chi connectivity index (χ3v) is 2.90. The summed E-state index contributed by atoms with van der Waals surface area (Å²) in [6, 6.07) is 0. The van der Waals surface area contributed by atoms with Crippen molar-refractivity contribution in [2.24, 2.45) is 5.92 Å². The molecule has 5 nitrogen and oxygen atoms in total. The van der Waals surface area contributed by atoms with E-state index >= 15 is 0 Å². The second kappa shape index (κ2) is 7.16. The fourth-order valence-electron chi connectivity index (χ4n) is 1.96. The summed E-state index contributed by atoms with van der Waals surface area (Å²) in [4.78, 5) is 11.9. The van der Waals surface area contributed by atoms with Crippen molar-refractivity contribution >= 4 is 11.8 Å². The van der Waals surface area contributed by atoms with Crippen LogP contribution in [-0.4, -0.2) is 22.4 Å². The van der Waals surface area contributed by atoms with Crippen molar-refractivity contribution in [1.82, 2.24) is 9.78 Å². The lowest BCUT2D eigenvalue weighted by atomic mass is 10.0. The van der Waals surface area contributed by atoms with E-state index in [1.54, 1.807) is 11.6 Å². The molecule has 0 saturated heterocycles. The van der Waals surface area contributed by atoms with Gasteiger partial charge in [-0.15, -0.1) is 0 Å². The Bertz CT molecular complexity index is 425. The number of ether oxygens (including phenoxy) is 1. The van der Waals surface area contributed by atoms with Crippen molar-refractivity contribution in [3.05, 3.63) is 11.3 Å². The summed E-state index contributed by atoms with van der Waals surface area (Å²) >= 11 is 0. The van der Waals surface area contributed by atoms with Crippen molar-refractivity contribution in [2.45, 2.75) is 53.5 Å². The molecule has 108 valence electrons. The third-order valence-electron chi connectivity index (χ3n) is 2.90. The second-order valence-corrected chi connectivity index (χ2v) is 5.11. The van der Waals surface area contributed by atoms with Gasteiger partial charge >= 0.3 is 5.97 Å². The topological polar surface area (TPSA) is 70.1 Å². The number of hydrogen-bond donors (Lipinski definition) is 1. The molecule has 0 unspecified atom stereocenters. The van der Waals surface area contributed by atoms with Crippen LogP contribution in [0.1, 0.15) is 56.6 Å². The number of rotatable bonds is 7. The van der Waals surface area contributed by atoms with Crippen molar-refractivity contribution in [1.29, 1.82) is 0 Å². The van der Waals surface area contributed by atoms with Gasteiger partial charge in [-0.1, -0.05) is 27.2 Å². The number of carbonyl (C=O) groups is 1. The van der Waals surface area contributed by atoms with Crippen molar-refractivity contribution < 1.29 is 9.53 Å². The predicted octanol–water partition coefficient (Wildman–Crippen LogP) is 2.64. The number of carbonyl (C=O) groups excluding carboxylic acids is 1. The zero-order chi connectivity index (χ0) is 14.4. The summed E-state index contributed by atoms with van der Waals surface area (Å²) in [5, 5.41) is 4.34. The van der Waals surface area contributed by atoms with E-state index in [9.17, 15) is 4.79 Å². The zero-order valence-corrected chi connectivity index (χ0v) is 12.4. The normalized spacial score (nSPS) is 11.0. The maximum absolute atomic E-state index is 11.9. The quantitative estimate of drug-likeness (QED) is 0.771. The van der Waals surface area contributed by atoms with Gasteiger partial charge in [0.2, 0.25) is 0 Å². The highest BCUT2D eigenvalue weighted by Gasteiger charge is 2.22. The molecule has 0 fully saturated rings. The highest BCUT2D eigenvalue weighted by molar-refractivity contribution is 5.90. The molecule has 0 aliphatic rings. The molecule has 1 rings (SSSR count). The number of nitrogens with two attached hydrogens (primary N) is 1. The van der Waals surface area contributed by atoms with E-state index in [-0.39, 0.29) is 5.97 Å². The van der Waals surface area contributed by atoms with Crippen molar-refractivity contribution in [3.8, 4) is 0 Å².